The molecular weight excluding hydrogens is 266 g/mol. The van der Waals surface area contributed by atoms with E-state index in [1.807, 2.05) is 18.2 Å². The van der Waals surface area contributed by atoms with Crippen molar-refractivity contribution in [2.45, 2.75) is 13.3 Å². The Morgan fingerprint density at radius 3 is 2.79 bits per heavy atom. The minimum atomic E-state index is -0.830. The van der Waals surface area contributed by atoms with Crippen LogP contribution in [0, 0.1) is 5.92 Å². The van der Waals surface area contributed by atoms with E-state index in [0.29, 0.717) is 17.3 Å². The third kappa shape index (κ3) is 2.79. The third-order valence-corrected chi connectivity index (χ3v) is 3.46. The van der Waals surface area contributed by atoms with Gasteiger partial charge >= 0.3 is 5.97 Å². The number of methoxy groups -OCH3 is 1. The minimum Gasteiger partial charge on any atom is -0.481 e. The largest absolute Gasteiger partial charge is 0.481 e. The standard InChI is InChI=1S/C14H14ClNO3/c1-8(14(17)18)7-9-3-5-11-10(13(9)15)4-6-12(16-11)19-2/h3-6,8H,7H2,1-2H3,(H,17,18). The molecule has 0 aliphatic rings. The van der Waals surface area contributed by atoms with Gasteiger partial charge in [0.05, 0.1) is 23.6 Å². The number of aliphatic carboxylic acids is 1. The molecule has 0 aliphatic carbocycles. The average Bonchev–Trinajstić information content (AvgIpc) is 2.41. The number of ether oxygens (including phenoxy) is 1. The first-order chi connectivity index (χ1) is 9.02. The van der Waals surface area contributed by atoms with Gasteiger partial charge < -0.3 is 9.84 Å². The Morgan fingerprint density at radius 2 is 2.16 bits per heavy atom. The molecule has 2 rings (SSSR count). The molecule has 1 aromatic carbocycles. The lowest BCUT2D eigenvalue weighted by molar-refractivity contribution is -0.141. The van der Waals surface area contributed by atoms with Crippen molar-refractivity contribution in [3.05, 3.63) is 34.9 Å². The smallest absolute Gasteiger partial charge is 0.306 e. The maximum atomic E-state index is 10.9. The zero-order valence-corrected chi connectivity index (χ0v) is 11.4. The molecule has 1 atom stereocenters. The Balaban J connectivity index is 2.43. The first kappa shape index (κ1) is 13.6. The first-order valence-corrected chi connectivity index (χ1v) is 6.25. The van der Waals surface area contributed by atoms with Crippen LogP contribution in [-0.2, 0) is 11.2 Å². The van der Waals surface area contributed by atoms with Crippen LogP contribution < -0.4 is 4.74 Å². The van der Waals surface area contributed by atoms with Gasteiger partial charge in [-0.15, -0.1) is 0 Å². The number of halogens is 1. The highest BCUT2D eigenvalue weighted by atomic mass is 35.5. The number of pyridine rings is 1. The summed E-state index contributed by atoms with van der Waals surface area (Å²) in [5.74, 6) is -0.777. The second kappa shape index (κ2) is 5.45. The van der Waals surface area contributed by atoms with Crippen LogP contribution in [0.1, 0.15) is 12.5 Å². The van der Waals surface area contributed by atoms with Gasteiger partial charge in [-0.3, -0.25) is 4.79 Å². The van der Waals surface area contributed by atoms with E-state index in [1.54, 1.807) is 20.1 Å². The Labute approximate surface area is 116 Å². The Morgan fingerprint density at radius 1 is 1.42 bits per heavy atom. The number of benzene rings is 1. The average molecular weight is 280 g/mol. The van der Waals surface area contributed by atoms with Crippen molar-refractivity contribution in [3.8, 4) is 5.88 Å². The third-order valence-electron chi connectivity index (χ3n) is 3.02. The molecule has 2 aromatic rings. The maximum Gasteiger partial charge on any atom is 0.306 e. The van der Waals surface area contributed by atoms with Crippen LogP contribution in [0.25, 0.3) is 10.9 Å². The van der Waals surface area contributed by atoms with Gasteiger partial charge in [0.15, 0.2) is 0 Å². The number of carboxylic acids is 1. The summed E-state index contributed by atoms with van der Waals surface area (Å²) in [5, 5.41) is 10.3. The summed E-state index contributed by atoms with van der Waals surface area (Å²) >= 11 is 6.31. The summed E-state index contributed by atoms with van der Waals surface area (Å²) in [4.78, 5) is 15.2. The molecule has 19 heavy (non-hydrogen) atoms. The number of rotatable bonds is 4. The molecular formula is C14H14ClNO3. The van der Waals surface area contributed by atoms with E-state index in [2.05, 4.69) is 4.98 Å². The van der Waals surface area contributed by atoms with Gasteiger partial charge in [0.2, 0.25) is 5.88 Å². The highest BCUT2D eigenvalue weighted by Gasteiger charge is 2.15. The Hall–Kier alpha value is -1.81. The fraction of sp³-hybridized carbons (Fsp3) is 0.286. The number of nitrogens with zero attached hydrogens (tertiary/aromatic N) is 1. The van der Waals surface area contributed by atoms with Gasteiger partial charge in [-0.05, 0) is 24.1 Å². The first-order valence-electron chi connectivity index (χ1n) is 5.88. The van der Waals surface area contributed by atoms with Gasteiger partial charge in [-0.25, -0.2) is 4.98 Å². The summed E-state index contributed by atoms with van der Waals surface area (Å²) in [5.41, 5.74) is 1.55. The topological polar surface area (TPSA) is 59.4 Å². The van der Waals surface area contributed by atoms with Crippen LogP contribution in [0.2, 0.25) is 5.02 Å². The van der Waals surface area contributed by atoms with E-state index < -0.39 is 11.9 Å². The highest BCUT2D eigenvalue weighted by Crippen LogP contribution is 2.29. The number of carbonyl (C=O) groups is 1. The molecule has 0 radical (unpaired) electrons. The molecule has 0 amide bonds. The van der Waals surface area contributed by atoms with Crippen LogP contribution in [0.4, 0.5) is 0 Å². The molecule has 0 fully saturated rings. The minimum absolute atomic E-state index is 0.399. The monoisotopic (exact) mass is 279 g/mol. The van der Waals surface area contributed by atoms with Crippen molar-refractivity contribution in [1.29, 1.82) is 0 Å². The van der Waals surface area contributed by atoms with Crippen molar-refractivity contribution >= 4 is 28.5 Å². The lowest BCUT2D eigenvalue weighted by atomic mass is 9.99. The predicted molar refractivity (Wildman–Crippen MR) is 73.8 cm³/mol. The van der Waals surface area contributed by atoms with E-state index in [9.17, 15) is 4.79 Å². The number of fused-ring (bicyclic) bond motifs is 1. The molecule has 1 unspecified atom stereocenters. The Bertz CT molecular complexity index is 627. The SMILES string of the molecule is COc1ccc2c(Cl)c(CC(C)C(=O)O)ccc2n1. The lowest BCUT2D eigenvalue weighted by Crippen LogP contribution is -2.12. The molecule has 1 N–H and O–H groups in total. The fourth-order valence-electron chi connectivity index (χ4n) is 1.88. The molecule has 0 spiro atoms. The molecule has 1 heterocycles. The van der Waals surface area contributed by atoms with Gasteiger partial charge in [0.25, 0.3) is 0 Å². The molecule has 1 aromatic heterocycles. The number of aromatic nitrogens is 1. The van der Waals surface area contributed by atoms with Crippen LogP contribution in [-0.4, -0.2) is 23.2 Å². The van der Waals surface area contributed by atoms with E-state index in [4.69, 9.17) is 21.4 Å². The maximum absolute atomic E-state index is 10.9. The van der Waals surface area contributed by atoms with E-state index in [1.165, 1.54) is 0 Å². The number of carboxylic acid groups (broad SMARTS) is 1. The van der Waals surface area contributed by atoms with Crippen molar-refractivity contribution in [2.24, 2.45) is 5.92 Å². The Kier molecular flexibility index (Phi) is 3.90. The van der Waals surface area contributed by atoms with Crippen molar-refractivity contribution in [1.82, 2.24) is 4.98 Å². The van der Waals surface area contributed by atoms with Crippen LogP contribution in [0.15, 0.2) is 24.3 Å². The summed E-state index contributed by atoms with van der Waals surface area (Å²) in [6.07, 6.45) is 0.399. The molecule has 0 saturated carbocycles. The predicted octanol–water partition coefficient (Wildman–Crippen LogP) is 3.16. The van der Waals surface area contributed by atoms with Gasteiger partial charge in [-0.2, -0.15) is 0 Å². The quantitative estimate of drug-likeness (QED) is 0.934. The highest BCUT2D eigenvalue weighted by molar-refractivity contribution is 6.36. The number of hydrogen-bond donors (Lipinski definition) is 1. The van der Waals surface area contributed by atoms with Crippen LogP contribution >= 0.6 is 11.6 Å². The zero-order valence-electron chi connectivity index (χ0n) is 10.7. The summed E-state index contributed by atoms with van der Waals surface area (Å²) in [6, 6.07) is 7.21. The normalized spacial score (nSPS) is 12.4. The van der Waals surface area contributed by atoms with Gasteiger partial charge in [0, 0.05) is 11.5 Å². The molecule has 100 valence electrons. The summed E-state index contributed by atoms with van der Waals surface area (Å²) in [7, 11) is 1.55. The van der Waals surface area contributed by atoms with Gasteiger partial charge in [-0.1, -0.05) is 24.6 Å². The zero-order chi connectivity index (χ0) is 14.0. The molecule has 0 saturated heterocycles. The van der Waals surface area contributed by atoms with E-state index in [-0.39, 0.29) is 0 Å². The number of hydrogen-bond acceptors (Lipinski definition) is 3. The van der Waals surface area contributed by atoms with Crippen molar-refractivity contribution in [2.75, 3.05) is 7.11 Å². The molecule has 4 nitrogen and oxygen atoms in total. The van der Waals surface area contributed by atoms with E-state index >= 15 is 0 Å². The molecule has 0 bridgehead atoms. The van der Waals surface area contributed by atoms with E-state index in [0.717, 1.165) is 16.5 Å². The van der Waals surface area contributed by atoms with Crippen molar-refractivity contribution in [3.63, 3.8) is 0 Å². The summed E-state index contributed by atoms with van der Waals surface area (Å²) in [6.45, 7) is 1.66. The van der Waals surface area contributed by atoms with Gasteiger partial charge in [0.1, 0.15) is 0 Å². The molecule has 5 heteroatoms. The summed E-state index contributed by atoms with van der Waals surface area (Å²) < 4.78 is 5.06. The van der Waals surface area contributed by atoms with Crippen LogP contribution in [0.5, 0.6) is 5.88 Å². The second-order valence-electron chi connectivity index (χ2n) is 4.40. The van der Waals surface area contributed by atoms with Crippen LogP contribution in [0.3, 0.4) is 0 Å². The second-order valence-corrected chi connectivity index (χ2v) is 4.78. The molecule has 0 aliphatic heterocycles. The lowest BCUT2D eigenvalue weighted by Gasteiger charge is -2.10. The van der Waals surface area contributed by atoms with Crippen molar-refractivity contribution < 1.29 is 14.6 Å². The fourth-order valence-corrected chi connectivity index (χ4v) is 2.18.